The molecule has 0 atom stereocenters. The Balaban J connectivity index is 1.22. The van der Waals surface area contributed by atoms with E-state index in [1.165, 1.54) is 22.5 Å². The third-order valence-corrected chi connectivity index (χ3v) is 7.85. The van der Waals surface area contributed by atoms with Crippen molar-refractivity contribution in [3.05, 3.63) is 81.3 Å². The van der Waals surface area contributed by atoms with E-state index < -0.39 is 0 Å². The quantitative estimate of drug-likeness (QED) is 0.376. The average Bonchev–Trinajstić information content (AvgIpc) is 3.31. The van der Waals surface area contributed by atoms with Crippen molar-refractivity contribution >= 4 is 23.0 Å². The maximum Gasteiger partial charge on any atom is 0.220 e. The number of hydrogen-bond donors (Lipinski definition) is 1. The van der Waals surface area contributed by atoms with Gasteiger partial charge in [-0.05, 0) is 62.7 Å². The van der Waals surface area contributed by atoms with Gasteiger partial charge in [-0.2, -0.15) is 0 Å². The van der Waals surface area contributed by atoms with Gasteiger partial charge >= 0.3 is 0 Å². The van der Waals surface area contributed by atoms with Gasteiger partial charge in [0, 0.05) is 31.5 Å². The second kappa shape index (κ2) is 12.9. The fourth-order valence-electron chi connectivity index (χ4n) is 4.84. The zero-order valence-electron chi connectivity index (χ0n) is 21.3. The van der Waals surface area contributed by atoms with Crippen molar-refractivity contribution in [2.45, 2.75) is 50.9 Å². The molecule has 2 aromatic carbocycles. The third-order valence-electron chi connectivity index (χ3n) is 6.92. The van der Waals surface area contributed by atoms with Gasteiger partial charge in [-0.25, -0.2) is 0 Å². The minimum absolute atomic E-state index is 0.0768. The number of rotatable bonds is 11. The summed E-state index contributed by atoms with van der Waals surface area (Å²) >= 11 is 1.51. The number of benzene rings is 2. The molecule has 0 radical (unpaired) electrons. The van der Waals surface area contributed by atoms with Crippen molar-refractivity contribution in [1.29, 1.82) is 0 Å². The van der Waals surface area contributed by atoms with Crippen molar-refractivity contribution in [2.75, 3.05) is 27.2 Å². The Labute approximate surface area is 218 Å². The van der Waals surface area contributed by atoms with Crippen LogP contribution in [0.25, 0.3) is 0 Å². The van der Waals surface area contributed by atoms with Gasteiger partial charge in [-0.3, -0.25) is 9.59 Å². The highest BCUT2D eigenvalue weighted by molar-refractivity contribution is 7.11. The van der Waals surface area contributed by atoms with E-state index in [1.54, 1.807) is 0 Å². The lowest BCUT2D eigenvalue weighted by atomic mass is 9.77. The third kappa shape index (κ3) is 7.80. The molecule has 0 bridgehead atoms. The van der Waals surface area contributed by atoms with Crippen molar-refractivity contribution in [2.24, 2.45) is 5.92 Å². The maximum atomic E-state index is 12.8. The molecular weight excluding hydrogens is 468 g/mol. The standard InChI is InChI=1S/C29H36N4O2S/c1-33(2)17-16-30-27(35)18-22-8-10-23(11-9-22)24-12-14-25(15-13-24)26(34)20-29-32-31-28(36-29)19-21-6-4-3-5-7-21/h3-7,12-15,22-23H,8-11,16-20H2,1-2H3,(H,30,35). The van der Waals surface area contributed by atoms with Crippen LogP contribution in [0.2, 0.25) is 0 Å². The molecule has 1 heterocycles. The fourth-order valence-corrected chi connectivity index (χ4v) is 5.71. The zero-order chi connectivity index (χ0) is 25.3. The van der Waals surface area contributed by atoms with Gasteiger partial charge in [-0.15, -0.1) is 21.5 Å². The van der Waals surface area contributed by atoms with E-state index >= 15 is 0 Å². The van der Waals surface area contributed by atoms with E-state index in [0.717, 1.165) is 54.2 Å². The summed E-state index contributed by atoms with van der Waals surface area (Å²) in [5, 5.41) is 13.2. The van der Waals surface area contributed by atoms with Crippen molar-refractivity contribution in [3.8, 4) is 0 Å². The van der Waals surface area contributed by atoms with Gasteiger partial charge in [0.05, 0.1) is 6.42 Å². The summed E-state index contributed by atoms with van der Waals surface area (Å²) in [6.07, 6.45) is 6.00. The van der Waals surface area contributed by atoms with Crippen molar-refractivity contribution in [1.82, 2.24) is 20.4 Å². The van der Waals surface area contributed by atoms with Crippen LogP contribution in [0.5, 0.6) is 0 Å². The monoisotopic (exact) mass is 504 g/mol. The molecule has 36 heavy (non-hydrogen) atoms. The van der Waals surface area contributed by atoms with Crippen LogP contribution in [0.4, 0.5) is 0 Å². The predicted octanol–water partition coefficient (Wildman–Crippen LogP) is 4.90. The van der Waals surface area contributed by atoms with Crippen LogP contribution in [0.1, 0.15) is 69.5 Å². The Morgan fingerprint density at radius 2 is 1.64 bits per heavy atom. The number of Topliss-reactive ketones (excluding diaryl/α,β-unsaturated/α-hetero) is 1. The smallest absolute Gasteiger partial charge is 0.220 e. The lowest BCUT2D eigenvalue weighted by Crippen LogP contribution is -2.32. The minimum Gasteiger partial charge on any atom is -0.355 e. The Kier molecular flexibility index (Phi) is 9.36. The molecule has 1 N–H and O–H groups in total. The van der Waals surface area contributed by atoms with Crippen LogP contribution in [0, 0.1) is 5.92 Å². The van der Waals surface area contributed by atoms with Crippen LogP contribution in [-0.4, -0.2) is 54.0 Å². The summed E-state index contributed by atoms with van der Waals surface area (Å²) < 4.78 is 0. The number of amides is 1. The van der Waals surface area contributed by atoms with Crippen molar-refractivity contribution < 1.29 is 9.59 Å². The summed E-state index contributed by atoms with van der Waals surface area (Å²) in [5.41, 5.74) is 3.21. The van der Waals surface area contributed by atoms with Gasteiger partial charge < -0.3 is 10.2 Å². The van der Waals surface area contributed by atoms with Crippen LogP contribution in [0.3, 0.4) is 0 Å². The molecule has 3 aromatic rings. The van der Waals surface area contributed by atoms with Crippen LogP contribution < -0.4 is 5.32 Å². The number of nitrogens with zero attached hydrogens (tertiary/aromatic N) is 3. The Morgan fingerprint density at radius 1 is 0.944 bits per heavy atom. The normalized spacial score (nSPS) is 17.8. The lowest BCUT2D eigenvalue weighted by Gasteiger charge is -2.28. The molecule has 4 rings (SSSR count). The number of nitrogens with one attached hydrogen (secondary N) is 1. The topological polar surface area (TPSA) is 75.2 Å². The summed E-state index contributed by atoms with van der Waals surface area (Å²) in [4.78, 5) is 27.1. The van der Waals surface area contributed by atoms with E-state index in [4.69, 9.17) is 0 Å². The molecule has 1 aliphatic carbocycles. The van der Waals surface area contributed by atoms with Crippen LogP contribution in [-0.2, 0) is 17.6 Å². The van der Waals surface area contributed by atoms with Gasteiger partial charge in [0.1, 0.15) is 10.0 Å². The molecule has 7 heteroatoms. The molecule has 0 aliphatic heterocycles. The van der Waals surface area contributed by atoms with Gasteiger partial charge in [0.25, 0.3) is 0 Å². The predicted molar refractivity (Wildman–Crippen MR) is 145 cm³/mol. The van der Waals surface area contributed by atoms with E-state index in [0.29, 0.717) is 24.8 Å². The first-order valence-corrected chi connectivity index (χ1v) is 13.7. The Hall–Kier alpha value is -2.90. The number of aromatic nitrogens is 2. The van der Waals surface area contributed by atoms with Crippen molar-refractivity contribution in [3.63, 3.8) is 0 Å². The van der Waals surface area contributed by atoms with E-state index in [9.17, 15) is 9.59 Å². The summed E-state index contributed by atoms with van der Waals surface area (Å²) in [7, 11) is 4.02. The second-order valence-electron chi connectivity index (χ2n) is 10.0. The SMILES string of the molecule is CN(C)CCNC(=O)CC1CCC(c2ccc(C(=O)Cc3nnc(Cc4ccccc4)s3)cc2)CC1. The van der Waals surface area contributed by atoms with E-state index in [-0.39, 0.29) is 18.1 Å². The summed E-state index contributed by atoms with van der Waals surface area (Å²) in [6.45, 7) is 1.58. The molecule has 1 fully saturated rings. The molecule has 1 amide bonds. The Bertz CT molecular complexity index is 1120. The second-order valence-corrected chi connectivity index (χ2v) is 11.2. The number of carbonyl (C=O) groups is 2. The molecule has 1 saturated carbocycles. The molecule has 6 nitrogen and oxygen atoms in total. The average molecular weight is 505 g/mol. The maximum absolute atomic E-state index is 12.8. The van der Waals surface area contributed by atoms with Gasteiger partial charge in [0.15, 0.2) is 5.78 Å². The van der Waals surface area contributed by atoms with E-state index in [2.05, 4.69) is 44.7 Å². The largest absolute Gasteiger partial charge is 0.355 e. The number of hydrogen-bond acceptors (Lipinski definition) is 6. The summed E-state index contributed by atoms with van der Waals surface area (Å²) in [5.74, 6) is 1.23. The van der Waals surface area contributed by atoms with E-state index in [1.807, 2.05) is 44.4 Å². The lowest BCUT2D eigenvalue weighted by molar-refractivity contribution is -0.122. The highest BCUT2D eigenvalue weighted by Gasteiger charge is 2.24. The van der Waals surface area contributed by atoms with Gasteiger partial charge in [-0.1, -0.05) is 54.6 Å². The van der Waals surface area contributed by atoms with Crippen LogP contribution >= 0.6 is 11.3 Å². The van der Waals surface area contributed by atoms with Crippen LogP contribution in [0.15, 0.2) is 54.6 Å². The molecule has 0 unspecified atom stereocenters. The highest BCUT2D eigenvalue weighted by atomic mass is 32.1. The molecular formula is C29H36N4O2S. The molecule has 0 spiro atoms. The number of ketones is 1. The molecule has 1 aliphatic rings. The number of likely N-dealkylation sites (N-methyl/N-ethyl adjacent to an activating group) is 1. The number of carbonyl (C=O) groups excluding carboxylic acids is 2. The fraction of sp³-hybridized carbons (Fsp3) is 0.448. The summed E-state index contributed by atoms with van der Waals surface area (Å²) in [6, 6.07) is 18.3. The molecule has 1 aromatic heterocycles. The Morgan fingerprint density at radius 3 is 2.33 bits per heavy atom. The highest BCUT2D eigenvalue weighted by Crippen LogP contribution is 2.37. The zero-order valence-corrected chi connectivity index (χ0v) is 22.1. The first kappa shape index (κ1) is 26.2. The first-order valence-electron chi connectivity index (χ1n) is 12.9. The minimum atomic E-state index is 0.0768. The van der Waals surface area contributed by atoms with Gasteiger partial charge in [0.2, 0.25) is 5.91 Å². The molecule has 190 valence electrons. The molecule has 0 saturated heterocycles. The first-order chi connectivity index (χ1) is 17.5.